The predicted molar refractivity (Wildman–Crippen MR) is 99.9 cm³/mol. The Kier molecular flexibility index (Phi) is 5.46. The van der Waals surface area contributed by atoms with Crippen LogP contribution in [0.1, 0.15) is 37.8 Å². The number of nitrogens with zero attached hydrogens (tertiary/aromatic N) is 2. The van der Waals surface area contributed by atoms with Gasteiger partial charge in [0.2, 0.25) is 5.91 Å². The lowest BCUT2D eigenvalue weighted by molar-refractivity contribution is -0.129. The molecule has 2 atom stereocenters. The number of carbonyl (C=O) groups is 1. The van der Waals surface area contributed by atoms with E-state index in [0.29, 0.717) is 11.7 Å². The van der Waals surface area contributed by atoms with E-state index >= 15 is 0 Å². The monoisotopic (exact) mass is 346 g/mol. The molecule has 2 aromatic rings. The zero-order valence-electron chi connectivity index (χ0n) is 14.4. The van der Waals surface area contributed by atoms with Gasteiger partial charge in [0.25, 0.3) is 0 Å². The highest BCUT2D eigenvalue weighted by molar-refractivity contribution is 8.00. The third kappa shape index (κ3) is 3.92. The van der Waals surface area contributed by atoms with Crippen LogP contribution >= 0.6 is 11.8 Å². The van der Waals surface area contributed by atoms with E-state index < -0.39 is 0 Å². The molecule has 1 aromatic heterocycles. The summed E-state index contributed by atoms with van der Waals surface area (Å²) in [7, 11) is 0. The number of para-hydroxylation sites is 2. The van der Waals surface area contributed by atoms with Gasteiger partial charge in [-0.2, -0.15) is 0 Å². The van der Waals surface area contributed by atoms with Crippen molar-refractivity contribution in [2.24, 2.45) is 11.7 Å². The Bertz CT molecular complexity index is 658. The lowest BCUT2D eigenvalue weighted by Crippen LogP contribution is -2.43. The lowest BCUT2D eigenvalue weighted by Gasteiger charge is -2.33. The van der Waals surface area contributed by atoms with Crippen LogP contribution in [0.25, 0.3) is 11.0 Å². The van der Waals surface area contributed by atoms with E-state index in [2.05, 4.69) is 23.8 Å². The molecule has 1 saturated heterocycles. The maximum absolute atomic E-state index is 12.4. The standard InChI is InChI=1S/C18H26N4OS/c1-12(19)14-7-9-22(10-8-14)17(23)11-24-13(2)18-20-15-5-3-4-6-16(15)21-18/h3-6,12-14H,7-11,19H2,1-2H3,(H,20,21). The maximum atomic E-state index is 12.4. The molecule has 0 saturated carbocycles. The molecule has 2 unspecified atom stereocenters. The number of H-pyrrole nitrogens is 1. The third-order valence-corrected chi connectivity index (χ3v) is 6.02. The number of aromatic amines is 1. The highest BCUT2D eigenvalue weighted by Crippen LogP contribution is 2.28. The fraction of sp³-hybridized carbons (Fsp3) is 0.556. The summed E-state index contributed by atoms with van der Waals surface area (Å²) in [5, 5.41) is 0.169. The smallest absolute Gasteiger partial charge is 0.232 e. The van der Waals surface area contributed by atoms with E-state index in [-0.39, 0.29) is 17.2 Å². The number of piperidine rings is 1. The molecule has 1 fully saturated rings. The fourth-order valence-electron chi connectivity index (χ4n) is 3.21. The average Bonchev–Trinajstić information content (AvgIpc) is 3.03. The van der Waals surface area contributed by atoms with E-state index in [1.165, 1.54) is 0 Å². The van der Waals surface area contributed by atoms with Gasteiger partial charge in [0.1, 0.15) is 5.82 Å². The van der Waals surface area contributed by atoms with Gasteiger partial charge in [-0.05, 0) is 44.7 Å². The fourth-order valence-corrected chi connectivity index (χ4v) is 4.05. The Morgan fingerprint density at radius 2 is 2.08 bits per heavy atom. The van der Waals surface area contributed by atoms with Crippen LogP contribution in [0.4, 0.5) is 0 Å². The van der Waals surface area contributed by atoms with Crippen LogP contribution in [0, 0.1) is 5.92 Å². The number of carbonyl (C=O) groups excluding carboxylic acids is 1. The van der Waals surface area contributed by atoms with Crippen molar-refractivity contribution in [1.29, 1.82) is 0 Å². The molecule has 0 bridgehead atoms. The molecule has 0 radical (unpaired) electrons. The van der Waals surface area contributed by atoms with Gasteiger partial charge in [0.15, 0.2) is 0 Å². The van der Waals surface area contributed by atoms with Crippen LogP contribution in [-0.4, -0.2) is 45.7 Å². The van der Waals surface area contributed by atoms with Crippen LogP contribution in [0.15, 0.2) is 24.3 Å². The minimum Gasteiger partial charge on any atom is -0.342 e. The van der Waals surface area contributed by atoms with Crippen LogP contribution in [-0.2, 0) is 4.79 Å². The molecule has 0 aliphatic carbocycles. The molecule has 3 N–H and O–H groups in total. The van der Waals surface area contributed by atoms with Crippen molar-refractivity contribution in [2.75, 3.05) is 18.8 Å². The number of hydrogen-bond donors (Lipinski definition) is 2. The number of nitrogens with two attached hydrogens (primary N) is 1. The van der Waals surface area contributed by atoms with Gasteiger partial charge < -0.3 is 15.6 Å². The third-order valence-electron chi connectivity index (χ3n) is 4.89. The van der Waals surface area contributed by atoms with Gasteiger partial charge in [0, 0.05) is 19.1 Å². The van der Waals surface area contributed by atoms with Gasteiger partial charge in [-0.1, -0.05) is 12.1 Å². The second kappa shape index (κ2) is 7.57. The summed E-state index contributed by atoms with van der Waals surface area (Å²) in [6.07, 6.45) is 2.04. The summed E-state index contributed by atoms with van der Waals surface area (Å²) in [6.45, 7) is 5.83. The Morgan fingerprint density at radius 3 is 2.75 bits per heavy atom. The number of imidazole rings is 1. The zero-order valence-corrected chi connectivity index (χ0v) is 15.2. The van der Waals surface area contributed by atoms with E-state index in [9.17, 15) is 4.79 Å². The molecule has 24 heavy (non-hydrogen) atoms. The van der Waals surface area contributed by atoms with Gasteiger partial charge in [0.05, 0.1) is 22.0 Å². The Morgan fingerprint density at radius 1 is 1.38 bits per heavy atom. The molecule has 6 heteroatoms. The Labute approximate surface area is 147 Å². The van der Waals surface area contributed by atoms with Crippen molar-refractivity contribution >= 4 is 28.7 Å². The van der Waals surface area contributed by atoms with Crippen molar-refractivity contribution < 1.29 is 4.79 Å². The minimum absolute atomic E-state index is 0.169. The molecular weight excluding hydrogens is 320 g/mol. The van der Waals surface area contributed by atoms with Gasteiger partial charge in [-0.25, -0.2) is 4.98 Å². The number of thioether (sulfide) groups is 1. The van der Waals surface area contributed by atoms with Crippen molar-refractivity contribution in [3.63, 3.8) is 0 Å². The number of benzene rings is 1. The number of aromatic nitrogens is 2. The summed E-state index contributed by atoms with van der Waals surface area (Å²) in [5.74, 6) is 2.22. The second-order valence-electron chi connectivity index (χ2n) is 6.67. The Balaban J connectivity index is 1.51. The van der Waals surface area contributed by atoms with Crippen molar-refractivity contribution in [3.05, 3.63) is 30.1 Å². The first-order valence-corrected chi connectivity index (χ1v) is 9.69. The first-order chi connectivity index (χ1) is 11.5. The Hall–Kier alpha value is -1.53. The quantitative estimate of drug-likeness (QED) is 0.873. The first-order valence-electron chi connectivity index (χ1n) is 8.64. The van der Waals surface area contributed by atoms with Crippen LogP contribution < -0.4 is 5.73 Å². The summed E-state index contributed by atoms with van der Waals surface area (Å²) < 4.78 is 0. The summed E-state index contributed by atoms with van der Waals surface area (Å²) >= 11 is 1.64. The number of likely N-dealkylation sites (tertiary alicyclic amines) is 1. The van der Waals surface area contributed by atoms with Crippen LogP contribution in [0.5, 0.6) is 0 Å². The van der Waals surface area contributed by atoms with E-state index in [4.69, 9.17) is 5.73 Å². The molecule has 1 aliphatic heterocycles. The normalized spacial score (nSPS) is 18.7. The average molecular weight is 346 g/mol. The first kappa shape index (κ1) is 17.3. The molecule has 3 rings (SSSR count). The summed E-state index contributed by atoms with van der Waals surface area (Å²) in [4.78, 5) is 22.4. The predicted octanol–water partition coefficient (Wildman–Crippen LogP) is 2.94. The molecule has 130 valence electrons. The maximum Gasteiger partial charge on any atom is 0.232 e. The topological polar surface area (TPSA) is 75.0 Å². The number of fused-ring (bicyclic) bond motifs is 1. The molecule has 1 aromatic carbocycles. The van der Waals surface area contributed by atoms with E-state index in [0.717, 1.165) is 42.8 Å². The molecule has 1 aliphatic rings. The molecular formula is C18H26N4OS. The van der Waals surface area contributed by atoms with Gasteiger partial charge in [-0.15, -0.1) is 11.8 Å². The zero-order chi connectivity index (χ0) is 17.1. The summed E-state index contributed by atoms with van der Waals surface area (Å²) in [5.41, 5.74) is 7.99. The minimum atomic E-state index is 0.169. The molecule has 1 amide bonds. The van der Waals surface area contributed by atoms with E-state index in [1.54, 1.807) is 11.8 Å². The second-order valence-corrected chi connectivity index (χ2v) is 8.00. The van der Waals surface area contributed by atoms with Gasteiger partial charge in [-0.3, -0.25) is 4.79 Å². The van der Waals surface area contributed by atoms with Crippen LogP contribution in [0.3, 0.4) is 0 Å². The lowest BCUT2D eigenvalue weighted by atomic mass is 9.91. The van der Waals surface area contributed by atoms with Crippen LogP contribution in [0.2, 0.25) is 0 Å². The van der Waals surface area contributed by atoms with Crippen molar-refractivity contribution in [1.82, 2.24) is 14.9 Å². The van der Waals surface area contributed by atoms with E-state index in [1.807, 2.05) is 29.2 Å². The summed E-state index contributed by atoms with van der Waals surface area (Å²) in [6, 6.07) is 8.24. The highest BCUT2D eigenvalue weighted by Gasteiger charge is 2.25. The number of amides is 1. The van der Waals surface area contributed by atoms with Crippen molar-refractivity contribution in [2.45, 2.75) is 38.0 Å². The number of rotatable bonds is 5. The van der Waals surface area contributed by atoms with Gasteiger partial charge >= 0.3 is 0 Å². The van der Waals surface area contributed by atoms with Crippen molar-refractivity contribution in [3.8, 4) is 0 Å². The molecule has 5 nitrogen and oxygen atoms in total. The molecule has 2 heterocycles. The highest BCUT2D eigenvalue weighted by atomic mass is 32.2. The SMILES string of the molecule is CC(SCC(=O)N1CCC(C(C)N)CC1)c1nc2ccccc2[nH]1. The number of hydrogen-bond acceptors (Lipinski definition) is 4. The number of nitrogens with one attached hydrogen (secondary N) is 1. The molecule has 0 spiro atoms. The largest absolute Gasteiger partial charge is 0.342 e.